The Kier molecular flexibility index (Phi) is 6.95. The van der Waals surface area contributed by atoms with Gasteiger partial charge in [0, 0.05) is 19.0 Å². The summed E-state index contributed by atoms with van der Waals surface area (Å²) in [7, 11) is 1.33. The third-order valence-corrected chi connectivity index (χ3v) is 2.66. The van der Waals surface area contributed by atoms with E-state index in [9.17, 15) is 14.4 Å². The smallest absolute Gasteiger partial charge is 0.305 e. The van der Waals surface area contributed by atoms with Gasteiger partial charge in [-0.15, -0.1) is 0 Å². The zero-order chi connectivity index (χ0) is 14.8. The Labute approximate surface area is 117 Å². The van der Waals surface area contributed by atoms with E-state index in [0.717, 1.165) is 0 Å². The topological polar surface area (TPSA) is 85.4 Å². The summed E-state index contributed by atoms with van der Waals surface area (Å²) in [6.45, 7) is -0.0202. The van der Waals surface area contributed by atoms with Gasteiger partial charge in [0.05, 0.1) is 13.7 Å². The van der Waals surface area contributed by atoms with Crippen LogP contribution in [-0.2, 0) is 14.3 Å². The molecule has 20 heavy (non-hydrogen) atoms. The van der Waals surface area contributed by atoms with Crippen molar-refractivity contribution in [3.8, 4) is 0 Å². The van der Waals surface area contributed by atoms with Crippen LogP contribution < -0.4 is 5.32 Å². The highest BCUT2D eigenvalue weighted by molar-refractivity contribution is 5.95. The van der Waals surface area contributed by atoms with Gasteiger partial charge in [-0.05, 0) is 25.0 Å². The van der Waals surface area contributed by atoms with E-state index in [-0.39, 0.29) is 29.9 Å². The number of Topliss-reactive ketones (excluding diaryl/α,β-unsaturated/α-hetero) is 1. The largest absolute Gasteiger partial charge is 0.469 e. The average molecular weight is 278 g/mol. The van der Waals surface area contributed by atoms with Gasteiger partial charge in [-0.25, -0.2) is 0 Å². The fraction of sp³-hybridized carbons (Fsp3) is 0.429. The molecule has 0 fully saturated rings. The number of ether oxygens (including phenoxy) is 1. The molecule has 0 saturated heterocycles. The molecule has 6 heteroatoms. The van der Waals surface area contributed by atoms with Gasteiger partial charge in [0.15, 0.2) is 5.78 Å². The molecule has 0 atom stereocenters. The molecule has 0 spiro atoms. The Morgan fingerprint density at radius 3 is 2.60 bits per heavy atom. The van der Waals surface area contributed by atoms with E-state index in [1.807, 2.05) is 0 Å². The highest BCUT2D eigenvalue weighted by atomic mass is 16.5. The molecule has 0 aromatic carbocycles. The maximum atomic E-state index is 11.6. The summed E-state index contributed by atoms with van der Waals surface area (Å²) in [5, 5.41) is 2.52. The van der Waals surface area contributed by atoms with Gasteiger partial charge < -0.3 is 10.1 Å². The summed E-state index contributed by atoms with van der Waals surface area (Å²) < 4.78 is 4.50. The molecular weight excluding hydrogens is 260 g/mol. The minimum absolute atomic E-state index is 0.0202. The highest BCUT2D eigenvalue weighted by Gasteiger charge is 2.09. The Bertz CT molecular complexity index is 460. The fourth-order valence-electron chi connectivity index (χ4n) is 1.55. The maximum absolute atomic E-state index is 11.6. The third-order valence-electron chi connectivity index (χ3n) is 2.66. The van der Waals surface area contributed by atoms with Gasteiger partial charge in [0.25, 0.3) is 5.91 Å². The molecule has 108 valence electrons. The van der Waals surface area contributed by atoms with Crippen molar-refractivity contribution in [2.24, 2.45) is 0 Å². The van der Waals surface area contributed by atoms with Crippen LogP contribution in [0.1, 0.15) is 36.2 Å². The van der Waals surface area contributed by atoms with Gasteiger partial charge in [-0.1, -0.05) is 6.07 Å². The number of carbonyl (C=O) groups excluding carboxylic acids is 3. The minimum atomic E-state index is -0.367. The molecular formula is C14H18N2O4. The van der Waals surface area contributed by atoms with Crippen molar-refractivity contribution < 1.29 is 19.1 Å². The second-order valence-electron chi connectivity index (χ2n) is 4.22. The first-order chi connectivity index (χ1) is 9.63. The van der Waals surface area contributed by atoms with Gasteiger partial charge >= 0.3 is 5.97 Å². The molecule has 1 aromatic rings. The van der Waals surface area contributed by atoms with Crippen molar-refractivity contribution >= 4 is 17.7 Å². The molecule has 1 rings (SSSR count). The van der Waals surface area contributed by atoms with Crippen LogP contribution in [0.25, 0.3) is 0 Å². The number of amides is 1. The number of pyridine rings is 1. The van der Waals surface area contributed by atoms with E-state index in [4.69, 9.17) is 0 Å². The fourth-order valence-corrected chi connectivity index (χ4v) is 1.55. The van der Waals surface area contributed by atoms with E-state index < -0.39 is 0 Å². The Balaban J connectivity index is 2.17. The Hall–Kier alpha value is -2.24. The quantitative estimate of drug-likeness (QED) is 0.569. The molecule has 6 nitrogen and oxygen atoms in total. The normalized spacial score (nSPS) is 9.85. The van der Waals surface area contributed by atoms with Crippen LogP contribution in [-0.4, -0.2) is 36.3 Å². The number of methoxy groups -OCH3 is 1. The van der Waals surface area contributed by atoms with Crippen molar-refractivity contribution in [1.82, 2.24) is 10.3 Å². The van der Waals surface area contributed by atoms with Crippen molar-refractivity contribution in [3.05, 3.63) is 30.1 Å². The lowest BCUT2D eigenvalue weighted by molar-refractivity contribution is -0.140. The lowest BCUT2D eigenvalue weighted by atomic mass is 10.1. The number of aromatic nitrogens is 1. The van der Waals surface area contributed by atoms with Crippen LogP contribution >= 0.6 is 0 Å². The molecule has 1 heterocycles. The molecule has 1 amide bonds. The van der Waals surface area contributed by atoms with Crippen molar-refractivity contribution in [1.29, 1.82) is 0 Å². The summed E-state index contributed by atoms with van der Waals surface area (Å²) in [4.78, 5) is 37.9. The number of nitrogens with zero attached hydrogens (tertiary/aromatic N) is 1. The second-order valence-corrected chi connectivity index (χ2v) is 4.22. The third kappa shape index (κ3) is 6.08. The second kappa shape index (κ2) is 8.79. The summed E-state index contributed by atoms with van der Waals surface area (Å²) in [5.41, 5.74) is 0.283. The van der Waals surface area contributed by atoms with E-state index in [0.29, 0.717) is 25.7 Å². The summed E-state index contributed by atoms with van der Waals surface area (Å²) in [6, 6.07) is 5.00. The first-order valence-electron chi connectivity index (χ1n) is 6.41. The van der Waals surface area contributed by atoms with Crippen molar-refractivity contribution in [2.45, 2.75) is 25.7 Å². The molecule has 0 aliphatic rings. The number of hydrogen-bond donors (Lipinski definition) is 1. The SMILES string of the molecule is COC(=O)CCCCC(=O)CNC(=O)c1ccccn1. The highest BCUT2D eigenvalue weighted by Crippen LogP contribution is 2.01. The Morgan fingerprint density at radius 2 is 1.95 bits per heavy atom. The van der Waals surface area contributed by atoms with E-state index in [2.05, 4.69) is 15.0 Å². The van der Waals surface area contributed by atoms with Crippen LogP contribution in [0.3, 0.4) is 0 Å². The number of ketones is 1. The number of hydrogen-bond acceptors (Lipinski definition) is 5. The van der Waals surface area contributed by atoms with Gasteiger partial charge in [-0.2, -0.15) is 0 Å². The molecule has 1 aromatic heterocycles. The van der Waals surface area contributed by atoms with Crippen molar-refractivity contribution in [3.63, 3.8) is 0 Å². The summed E-state index contributed by atoms with van der Waals surface area (Å²) in [5.74, 6) is -0.714. The van der Waals surface area contributed by atoms with Gasteiger partial charge in [-0.3, -0.25) is 19.4 Å². The van der Waals surface area contributed by atoms with Crippen LogP contribution in [0.15, 0.2) is 24.4 Å². The molecule has 0 aliphatic heterocycles. The number of carbonyl (C=O) groups is 3. The predicted molar refractivity (Wildman–Crippen MR) is 72.1 cm³/mol. The van der Waals surface area contributed by atoms with Gasteiger partial charge in [0.1, 0.15) is 5.69 Å². The molecule has 0 radical (unpaired) electrons. The van der Waals surface area contributed by atoms with E-state index >= 15 is 0 Å². The predicted octanol–water partition coefficient (Wildman–Crippen LogP) is 1.11. The average Bonchev–Trinajstić information content (AvgIpc) is 2.49. The molecule has 0 bridgehead atoms. The first kappa shape index (κ1) is 15.8. The molecule has 1 N–H and O–H groups in total. The monoisotopic (exact) mass is 278 g/mol. The molecule has 0 aliphatic carbocycles. The number of esters is 1. The van der Waals surface area contributed by atoms with Crippen LogP contribution in [0.4, 0.5) is 0 Å². The van der Waals surface area contributed by atoms with Crippen LogP contribution in [0.2, 0.25) is 0 Å². The summed E-state index contributed by atoms with van der Waals surface area (Å²) in [6.07, 6.45) is 3.37. The maximum Gasteiger partial charge on any atom is 0.305 e. The zero-order valence-corrected chi connectivity index (χ0v) is 11.4. The lowest BCUT2D eigenvalue weighted by Gasteiger charge is -2.04. The zero-order valence-electron chi connectivity index (χ0n) is 11.4. The van der Waals surface area contributed by atoms with E-state index in [1.165, 1.54) is 13.3 Å². The standard InChI is InChI=1S/C14H18N2O4/c1-20-13(18)8-3-2-6-11(17)10-16-14(19)12-7-4-5-9-15-12/h4-5,7,9H,2-3,6,8,10H2,1H3,(H,16,19). The van der Waals surface area contributed by atoms with Crippen LogP contribution in [0.5, 0.6) is 0 Å². The summed E-state index contributed by atoms with van der Waals surface area (Å²) >= 11 is 0. The molecule has 0 saturated carbocycles. The number of unbranched alkanes of at least 4 members (excludes halogenated alkanes) is 1. The van der Waals surface area contributed by atoms with Gasteiger partial charge in [0.2, 0.25) is 0 Å². The number of nitrogens with one attached hydrogen (secondary N) is 1. The lowest BCUT2D eigenvalue weighted by Crippen LogP contribution is -2.30. The minimum Gasteiger partial charge on any atom is -0.469 e. The van der Waals surface area contributed by atoms with Crippen molar-refractivity contribution in [2.75, 3.05) is 13.7 Å². The van der Waals surface area contributed by atoms with Crippen LogP contribution in [0, 0.1) is 0 Å². The molecule has 0 unspecified atom stereocenters. The number of rotatable bonds is 8. The van der Waals surface area contributed by atoms with E-state index in [1.54, 1.807) is 18.2 Å². The first-order valence-corrected chi connectivity index (χ1v) is 6.41. The Morgan fingerprint density at radius 1 is 1.20 bits per heavy atom.